The van der Waals surface area contributed by atoms with Crippen LogP contribution in [0.15, 0.2) is 29.0 Å². The van der Waals surface area contributed by atoms with Crippen LogP contribution in [0.2, 0.25) is 18.1 Å². The van der Waals surface area contributed by atoms with Gasteiger partial charge in [0.05, 0.1) is 18.2 Å². The zero-order chi connectivity index (χ0) is 17.6. The molecular weight excluding hydrogens is 336 g/mol. The average molecular weight is 358 g/mol. The molecule has 1 atom stereocenters. The van der Waals surface area contributed by atoms with Gasteiger partial charge in [-0.2, -0.15) is 8.42 Å². The molecule has 2 N–H and O–H groups in total. The first-order chi connectivity index (χ1) is 10.4. The number of aliphatic hydroxyl groups is 1. The van der Waals surface area contributed by atoms with Crippen LogP contribution in [-0.4, -0.2) is 35.1 Å². The van der Waals surface area contributed by atoms with Crippen molar-refractivity contribution in [3.8, 4) is 0 Å². The molecule has 23 heavy (non-hydrogen) atoms. The molecule has 0 amide bonds. The zero-order valence-corrected chi connectivity index (χ0v) is 15.6. The van der Waals surface area contributed by atoms with Crippen molar-refractivity contribution in [3.05, 3.63) is 36.0 Å². The SMILES string of the molecule is CC(C)(C)[Si](C)(C)c1ncc(C(O)c2ccco2)n1S(=O)(=O)O. The molecule has 2 heterocycles. The zero-order valence-electron chi connectivity index (χ0n) is 13.8. The molecule has 2 aromatic heterocycles. The van der Waals surface area contributed by atoms with Crippen LogP contribution in [0.25, 0.3) is 0 Å². The molecular formula is C14H22N2O5SSi. The Morgan fingerprint density at radius 2 is 1.96 bits per heavy atom. The van der Waals surface area contributed by atoms with Crippen molar-refractivity contribution in [2.45, 2.75) is 45.0 Å². The minimum Gasteiger partial charge on any atom is -0.466 e. The Morgan fingerprint density at radius 1 is 1.35 bits per heavy atom. The van der Waals surface area contributed by atoms with Gasteiger partial charge in [-0.25, -0.2) is 8.96 Å². The fourth-order valence-electron chi connectivity index (χ4n) is 2.12. The maximum atomic E-state index is 11.9. The third kappa shape index (κ3) is 3.14. The van der Waals surface area contributed by atoms with Crippen molar-refractivity contribution < 1.29 is 22.5 Å². The second kappa shape index (κ2) is 5.59. The van der Waals surface area contributed by atoms with E-state index in [0.717, 1.165) is 3.97 Å². The quantitative estimate of drug-likeness (QED) is 0.639. The van der Waals surface area contributed by atoms with Crippen molar-refractivity contribution in [2.24, 2.45) is 0 Å². The molecule has 0 saturated carbocycles. The van der Waals surface area contributed by atoms with Crippen molar-refractivity contribution in [1.29, 1.82) is 0 Å². The Kier molecular flexibility index (Phi) is 4.35. The average Bonchev–Trinajstić information content (AvgIpc) is 3.05. The Hall–Kier alpha value is -1.42. The minimum atomic E-state index is -4.61. The van der Waals surface area contributed by atoms with Crippen LogP contribution < -0.4 is 5.45 Å². The van der Waals surface area contributed by atoms with Crippen LogP contribution in [0, 0.1) is 0 Å². The van der Waals surface area contributed by atoms with E-state index in [-0.39, 0.29) is 21.9 Å². The minimum absolute atomic E-state index is 0.0396. The summed E-state index contributed by atoms with van der Waals surface area (Å²) >= 11 is 0. The van der Waals surface area contributed by atoms with E-state index in [9.17, 15) is 18.1 Å². The first kappa shape index (κ1) is 17.9. The lowest BCUT2D eigenvalue weighted by Gasteiger charge is -2.35. The number of hydrogen-bond donors (Lipinski definition) is 2. The smallest absolute Gasteiger partial charge is 0.364 e. The predicted octanol–water partition coefficient (Wildman–Crippen LogP) is 1.92. The molecule has 0 radical (unpaired) electrons. The molecule has 0 fully saturated rings. The fourth-order valence-corrected chi connectivity index (χ4v) is 5.53. The summed E-state index contributed by atoms with van der Waals surface area (Å²) in [6.45, 7) is 9.96. The van der Waals surface area contributed by atoms with Gasteiger partial charge in [-0.05, 0) is 17.2 Å². The van der Waals surface area contributed by atoms with Crippen LogP contribution in [0.5, 0.6) is 0 Å². The first-order valence-electron chi connectivity index (χ1n) is 7.15. The largest absolute Gasteiger partial charge is 0.466 e. The molecule has 0 aromatic carbocycles. The summed E-state index contributed by atoms with van der Waals surface area (Å²) in [7, 11) is -6.99. The molecule has 0 aliphatic carbocycles. The molecule has 128 valence electrons. The van der Waals surface area contributed by atoms with Crippen molar-refractivity contribution in [2.75, 3.05) is 0 Å². The topological polar surface area (TPSA) is 106 Å². The molecule has 2 aromatic rings. The first-order valence-corrected chi connectivity index (χ1v) is 11.5. The maximum absolute atomic E-state index is 11.9. The molecule has 2 rings (SSSR count). The summed E-state index contributed by atoms with van der Waals surface area (Å²) in [4.78, 5) is 4.24. The van der Waals surface area contributed by atoms with Crippen LogP contribution in [0.3, 0.4) is 0 Å². The number of furan rings is 1. The molecule has 9 heteroatoms. The van der Waals surface area contributed by atoms with Gasteiger partial charge >= 0.3 is 10.3 Å². The van der Waals surface area contributed by atoms with Crippen LogP contribution in [0.1, 0.15) is 38.3 Å². The van der Waals surface area contributed by atoms with Gasteiger partial charge in [0, 0.05) is 0 Å². The summed E-state index contributed by atoms with van der Waals surface area (Å²) in [5, 5.41) is 10.2. The number of aromatic nitrogens is 2. The number of imidazole rings is 1. The Morgan fingerprint density at radius 3 is 2.39 bits per heavy atom. The van der Waals surface area contributed by atoms with E-state index < -0.39 is 24.5 Å². The number of rotatable bonds is 4. The number of nitrogens with zero attached hydrogens (tertiary/aromatic N) is 2. The summed E-state index contributed by atoms with van der Waals surface area (Å²) in [6, 6.07) is 3.11. The third-order valence-electron chi connectivity index (χ3n) is 4.50. The highest BCUT2D eigenvalue weighted by Crippen LogP contribution is 2.36. The van der Waals surface area contributed by atoms with E-state index in [1.807, 2.05) is 33.9 Å². The van der Waals surface area contributed by atoms with E-state index in [1.165, 1.54) is 18.5 Å². The molecule has 0 bridgehead atoms. The lowest BCUT2D eigenvalue weighted by Crippen LogP contribution is -2.55. The monoisotopic (exact) mass is 358 g/mol. The van der Waals surface area contributed by atoms with Crippen molar-refractivity contribution in [1.82, 2.24) is 8.96 Å². The Bertz CT molecular complexity index is 788. The van der Waals surface area contributed by atoms with Gasteiger partial charge in [-0.15, -0.1) is 0 Å². The van der Waals surface area contributed by atoms with Crippen molar-refractivity contribution >= 4 is 23.8 Å². The van der Waals surface area contributed by atoms with E-state index in [2.05, 4.69) is 4.98 Å². The van der Waals surface area contributed by atoms with E-state index >= 15 is 0 Å². The molecule has 0 aliphatic heterocycles. The lowest BCUT2D eigenvalue weighted by molar-refractivity contribution is 0.183. The van der Waals surface area contributed by atoms with Gasteiger partial charge in [0.2, 0.25) is 0 Å². The Balaban J connectivity index is 2.69. The van der Waals surface area contributed by atoms with Crippen LogP contribution >= 0.6 is 0 Å². The standard InChI is InChI=1S/C14H22N2O5SSi/c1-14(2,3)23(4,5)13-15-9-10(16(13)22(18,19)20)12(17)11-7-6-8-21-11/h6-9,12,17H,1-5H3,(H,18,19,20). The van der Waals surface area contributed by atoms with Gasteiger partial charge in [-0.1, -0.05) is 33.9 Å². The van der Waals surface area contributed by atoms with Gasteiger partial charge in [0.1, 0.15) is 19.3 Å². The highest BCUT2D eigenvalue weighted by Gasteiger charge is 2.43. The number of hydrogen-bond acceptors (Lipinski definition) is 5. The van der Waals surface area contributed by atoms with E-state index in [4.69, 9.17) is 4.42 Å². The van der Waals surface area contributed by atoms with Gasteiger partial charge < -0.3 is 9.52 Å². The third-order valence-corrected chi connectivity index (χ3v) is 10.7. The van der Waals surface area contributed by atoms with Crippen LogP contribution in [-0.2, 0) is 10.3 Å². The molecule has 0 spiro atoms. The van der Waals surface area contributed by atoms with Gasteiger partial charge in [0.25, 0.3) is 0 Å². The van der Waals surface area contributed by atoms with Crippen LogP contribution in [0.4, 0.5) is 0 Å². The highest BCUT2D eigenvalue weighted by atomic mass is 32.2. The highest BCUT2D eigenvalue weighted by molar-refractivity contribution is 7.84. The Labute approximate surface area is 136 Å². The maximum Gasteiger partial charge on any atom is 0.364 e. The molecule has 0 saturated heterocycles. The number of aliphatic hydroxyl groups excluding tert-OH is 1. The molecule has 0 aliphatic rings. The summed E-state index contributed by atoms with van der Waals surface area (Å²) in [5.74, 6) is 0.177. The summed E-state index contributed by atoms with van der Waals surface area (Å²) < 4.78 is 39.4. The van der Waals surface area contributed by atoms with Crippen molar-refractivity contribution in [3.63, 3.8) is 0 Å². The fraction of sp³-hybridized carbons (Fsp3) is 0.500. The molecule has 1 unspecified atom stereocenters. The second-order valence-corrected chi connectivity index (χ2v) is 13.5. The summed E-state index contributed by atoms with van der Waals surface area (Å²) in [6.07, 6.45) is 1.32. The van der Waals surface area contributed by atoms with Gasteiger partial charge in [-0.3, -0.25) is 4.55 Å². The molecule has 7 nitrogen and oxygen atoms in total. The van der Waals surface area contributed by atoms with E-state index in [0.29, 0.717) is 0 Å². The predicted molar refractivity (Wildman–Crippen MR) is 88.8 cm³/mol. The lowest BCUT2D eigenvalue weighted by atomic mass is 10.2. The second-order valence-electron chi connectivity index (χ2n) is 7.04. The summed E-state index contributed by atoms with van der Waals surface area (Å²) in [5.41, 5.74) is 0.246. The normalized spacial score (nSPS) is 14.9. The van der Waals surface area contributed by atoms with E-state index in [1.54, 1.807) is 6.07 Å². The van der Waals surface area contributed by atoms with Gasteiger partial charge in [0.15, 0.2) is 6.10 Å².